The molecule has 1 aliphatic heterocycles. The van der Waals surface area contributed by atoms with E-state index in [1.807, 2.05) is 0 Å². The van der Waals surface area contributed by atoms with Crippen LogP contribution in [-0.4, -0.2) is 13.1 Å². The van der Waals surface area contributed by atoms with E-state index in [0.717, 1.165) is 23.7 Å². The number of rotatable bonds is 0. The third-order valence-corrected chi connectivity index (χ3v) is 4.02. The highest BCUT2D eigenvalue weighted by Gasteiger charge is 2.49. The molecule has 4 unspecified atom stereocenters. The third-order valence-electron chi connectivity index (χ3n) is 4.02. The Morgan fingerprint density at radius 1 is 0.900 bits per heavy atom. The first-order valence-electron chi connectivity index (χ1n) is 4.66. The van der Waals surface area contributed by atoms with Gasteiger partial charge >= 0.3 is 0 Å². The maximum Gasteiger partial charge on any atom is -0.00150 e. The Labute approximate surface area is 62.2 Å². The van der Waals surface area contributed by atoms with Crippen LogP contribution in [0.2, 0.25) is 0 Å². The second kappa shape index (κ2) is 1.76. The lowest BCUT2D eigenvalue weighted by Gasteiger charge is -2.27. The van der Waals surface area contributed by atoms with Crippen LogP contribution in [0.3, 0.4) is 0 Å². The van der Waals surface area contributed by atoms with Gasteiger partial charge in [-0.25, -0.2) is 0 Å². The van der Waals surface area contributed by atoms with Crippen molar-refractivity contribution >= 4 is 0 Å². The summed E-state index contributed by atoms with van der Waals surface area (Å²) >= 11 is 0. The van der Waals surface area contributed by atoms with Crippen molar-refractivity contribution in [1.29, 1.82) is 0 Å². The van der Waals surface area contributed by atoms with Crippen molar-refractivity contribution < 1.29 is 0 Å². The summed E-state index contributed by atoms with van der Waals surface area (Å²) in [7, 11) is 0. The largest absolute Gasteiger partial charge is 0.316 e. The molecule has 56 valence electrons. The molecule has 1 heteroatoms. The molecule has 0 spiro atoms. The van der Waals surface area contributed by atoms with E-state index in [2.05, 4.69) is 5.32 Å². The fourth-order valence-electron chi connectivity index (χ4n) is 3.61. The fourth-order valence-corrected chi connectivity index (χ4v) is 3.61. The zero-order valence-corrected chi connectivity index (χ0v) is 6.34. The SMILES string of the molecule is C1CC2C3CNCC2C1C3. The Kier molecular flexibility index (Phi) is 0.984. The Morgan fingerprint density at radius 2 is 1.90 bits per heavy atom. The summed E-state index contributed by atoms with van der Waals surface area (Å²) in [6.45, 7) is 2.67. The molecule has 4 atom stereocenters. The zero-order valence-electron chi connectivity index (χ0n) is 6.34. The molecule has 0 aromatic rings. The molecule has 2 aliphatic carbocycles. The van der Waals surface area contributed by atoms with E-state index in [4.69, 9.17) is 0 Å². The molecule has 0 amide bonds. The summed E-state index contributed by atoms with van der Waals surface area (Å²) in [4.78, 5) is 0. The van der Waals surface area contributed by atoms with Gasteiger partial charge in [0.15, 0.2) is 0 Å². The standard InChI is InChI=1S/C9H15N/c1-2-8-7-3-6(1)9(8)5-10-4-7/h6-10H,1-5H2. The maximum atomic E-state index is 3.55. The van der Waals surface area contributed by atoms with E-state index in [-0.39, 0.29) is 0 Å². The minimum atomic E-state index is 1.08. The van der Waals surface area contributed by atoms with Crippen molar-refractivity contribution in [1.82, 2.24) is 5.32 Å². The van der Waals surface area contributed by atoms with E-state index in [1.54, 1.807) is 19.3 Å². The molecular formula is C9H15N. The molecule has 0 aromatic carbocycles. The molecule has 1 nitrogen and oxygen atoms in total. The molecule has 0 aromatic heterocycles. The van der Waals surface area contributed by atoms with Gasteiger partial charge in [-0.3, -0.25) is 0 Å². The average molecular weight is 137 g/mol. The van der Waals surface area contributed by atoms with Crippen molar-refractivity contribution in [2.24, 2.45) is 23.7 Å². The summed E-state index contributed by atoms with van der Waals surface area (Å²) in [5.74, 6) is 4.45. The van der Waals surface area contributed by atoms with Crippen LogP contribution in [0, 0.1) is 23.7 Å². The van der Waals surface area contributed by atoms with Gasteiger partial charge in [0.25, 0.3) is 0 Å². The van der Waals surface area contributed by atoms with Crippen LogP contribution < -0.4 is 5.32 Å². The number of hydrogen-bond acceptors (Lipinski definition) is 1. The van der Waals surface area contributed by atoms with Crippen LogP contribution in [0.25, 0.3) is 0 Å². The van der Waals surface area contributed by atoms with Crippen LogP contribution in [0.4, 0.5) is 0 Å². The predicted octanol–water partition coefficient (Wildman–Crippen LogP) is 1.25. The minimum Gasteiger partial charge on any atom is -0.316 e. The van der Waals surface area contributed by atoms with Gasteiger partial charge in [0.05, 0.1) is 0 Å². The lowest BCUT2D eigenvalue weighted by Crippen LogP contribution is -2.36. The minimum absolute atomic E-state index is 1.08. The summed E-state index contributed by atoms with van der Waals surface area (Å²) in [5.41, 5.74) is 0. The van der Waals surface area contributed by atoms with Crippen LogP contribution in [0.5, 0.6) is 0 Å². The molecule has 2 saturated carbocycles. The molecule has 1 heterocycles. The van der Waals surface area contributed by atoms with Crippen molar-refractivity contribution in [3.8, 4) is 0 Å². The third kappa shape index (κ3) is 0.531. The molecule has 1 saturated heterocycles. The first-order valence-corrected chi connectivity index (χ1v) is 4.66. The average Bonchev–Trinajstić information content (AvgIpc) is 2.44. The molecular weight excluding hydrogens is 122 g/mol. The number of nitrogens with one attached hydrogen (secondary N) is 1. The zero-order chi connectivity index (χ0) is 6.55. The van der Waals surface area contributed by atoms with Gasteiger partial charge in [-0.1, -0.05) is 0 Å². The number of hydrogen-bond donors (Lipinski definition) is 1. The van der Waals surface area contributed by atoms with E-state index in [9.17, 15) is 0 Å². The van der Waals surface area contributed by atoms with E-state index in [1.165, 1.54) is 13.1 Å². The molecule has 10 heavy (non-hydrogen) atoms. The summed E-state index contributed by atoms with van der Waals surface area (Å²) in [6.07, 6.45) is 4.66. The van der Waals surface area contributed by atoms with Gasteiger partial charge in [0.2, 0.25) is 0 Å². The molecule has 3 fully saturated rings. The van der Waals surface area contributed by atoms with Crippen molar-refractivity contribution in [2.45, 2.75) is 19.3 Å². The normalized spacial score (nSPS) is 57.6. The van der Waals surface area contributed by atoms with E-state index < -0.39 is 0 Å². The lowest BCUT2D eigenvalue weighted by atomic mass is 9.86. The molecule has 0 radical (unpaired) electrons. The second-order valence-electron chi connectivity index (χ2n) is 4.32. The summed E-state index contributed by atoms with van der Waals surface area (Å²) in [6, 6.07) is 0. The van der Waals surface area contributed by atoms with Crippen LogP contribution >= 0.6 is 0 Å². The lowest BCUT2D eigenvalue weighted by molar-refractivity contribution is 0.257. The quantitative estimate of drug-likeness (QED) is 0.530. The molecule has 3 aliphatic rings. The van der Waals surface area contributed by atoms with Gasteiger partial charge in [0, 0.05) is 0 Å². The van der Waals surface area contributed by atoms with Gasteiger partial charge in [-0.2, -0.15) is 0 Å². The first kappa shape index (κ1) is 5.59. The predicted molar refractivity (Wildman–Crippen MR) is 40.7 cm³/mol. The van der Waals surface area contributed by atoms with Crippen molar-refractivity contribution in [2.75, 3.05) is 13.1 Å². The summed E-state index contributed by atoms with van der Waals surface area (Å²) in [5, 5.41) is 3.55. The molecule has 3 rings (SSSR count). The van der Waals surface area contributed by atoms with Crippen LogP contribution in [0.15, 0.2) is 0 Å². The highest BCUT2D eigenvalue weighted by Crippen LogP contribution is 2.53. The van der Waals surface area contributed by atoms with Gasteiger partial charge in [-0.05, 0) is 56.0 Å². The highest BCUT2D eigenvalue weighted by atomic mass is 14.9. The Hall–Kier alpha value is -0.0400. The van der Waals surface area contributed by atoms with Gasteiger partial charge in [-0.15, -0.1) is 0 Å². The monoisotopic (exact) mass is 137 g/mol. The Bertz CT molecular complexity index is 151. The van der Waals surface area contributed by atoms with Gasteiger partial charge in [0.1, 0.15) is 0 Å². The van der Waals surface area contributed by atoms with Gasteiger partial charge < -0.3 is 5.32 Å². The summed E-state index contributed by atoms with van der Waals surface area (Å²) < 4.78 is 0. The number of piperidine rings is 1. The van der Waals surface area contributed by atoms with E-state index in [0.29, 0.717) is 0 Å². The van der Waals surface area contributed by atoms with Crippen LogP contribution in [0.1, 0.15) is 19.3 Å². The molecule has 4 bridgehead atoms. The smallest absolute Gasteiger partial charge is 0.00150 e. The fraction of sp³-hybridized carbons (Fsp3) is 1.00. The second-order valence-corrected chi connectivity index (χ2v) is 4.32. The maximum absolute atomic E-state index is 3.55. The topological polar surface area (TPSA) is 12.0 Å². The Balaban J connectivity index is 1.95. The molecule has 1 N–H and O–H groups in total. The van der Waals surface area contributed by atoms with E-state index >= 15 is 0 Å². The van der Waals surface area contributed by atoms with Crippen molar-refractivity contribution in [3.05, 3.63) is 0 Å². The Morgan fingerprint density at radius 3 is 2.70 bits per heavy atom. The van der Waals surface area contributed by atoms with Crippen LogP contribution in [-0.2, 0) is 0 Å². The highest BCUT2D eigenvalue weighted by molar-refractivity contribution is 5.00. The first-order chi connectivity index (χ1) is 4.95. The van der Waals surface area contributed by atoms with Crippen molar-refractivity contribution in [3.63, 3.8) is 0 Å².